The minimum Gasteiger partial charge on any atom is -0.359 e. The van der Waals surface area contributed by atoms with Crippen LogP contribution in [0.5, 0.6) is 0 Å². The van der Waals surface area contributed by atoms with Gasteiger partial charge in [-0.15, -0.1) is 0 Å². The van der Waals surface area contributed by atoms with Crippen LogP contribution in [0.1, 0.15) is 40.4 Å². The van der Waals surface area contributed by atoms with Crippen LogP contribution in [0.3, 0.4) is 0 Å². The topological polar surface area (TPSA) is 60.1 Å². The number of nitrogens with zero attached hydrogens (tertiary/aromatic N) is 2. The van der Waals surface area contributed by atoms with E-state index in [1.54, 1.807) is 6.07 Å². The minimum absolute atomic E-state index is 0.165. The van der Waals surface area contributed by atoms with E-state index in [1.165, 1.54) is 0 Å². The van der Waals surface area contributed by atoms with Crippen molar-refractivity contribution in [1.82, 2.24) is 9.72 Å². The third-order valence-corrected chi connectivity index (χ3v) is 4.54. The van der Waals surface area contributed by atoms with Crippen molar-refractivity contribution in [3.8, 4) is 0 Å². The highest BCUT2D eigenvalue weighted by Crippen LogP contribution is 2.29. The summed E-state index contributed by atoms with van der Waals surface area (Å²) in [5.41, 5.74) is -0.0299. The molecule has 25 heavy (non-hydrogen) atoms. The van der Waals surface area contributed by atoms with Gasteiger partial charge in [-0.25, -0.2) is 0 Å². The van der Waals surface area contributed by atoms with Crippen molar-refractivity contribution in [2.75, 3.05) is 5.32 Å². The Kier molecular flexibility index (Phi) is 4.15. The third-order valence-electron chi connectivity index (χ3n) is 4.30. The normalized spacial score (nSPS) is 12.6. The molecular formula is C19H22ClN3O2. The van der Waals surface area contributed by atoms with Gasteiger partial charge in [0, 0.05) is 33.6 Å². The molecule has 1 N–H and O–H groups in total. The van der Waals surface area contributed by atoms with Gasteiger partial charge in [0.05, 0.1) is 0 Å². The lowest BCUT2D eigenvalue weighted by Crippen LogP contribution is -2.39. The fraction of sp³-hybridized carbons (Fsp3) is 0.368. The molecule has 1 amide bonds. The van der Waals surface area contributed by atoms with Crippen molar-refractivity contribution in [1.29, 1.82) is 0 Å². The number of carbonyl (C=O) groups excluding carboxylic acids is 1. The van der Waals surface area contributed by atoms with E-state index in [2.05, 4.69) is 10.5 Å². The molecule has 2 heterocycles. The number of halogens is 1. The van der Waals surface area contributed by atoms with E-state index in [-0.39, 0.29) is 11.3 Å². The van der Waals surface area contributed by atoms with Crippen LogP contribution in [0, 0.1) is 0 Å². The highest BCUT2D eigenvalue weighted by Gasteiger charge is 2.31. The fourth-order valence-electron chi connectivity index (χ4n) is 2.67. The van der Waals surface area contributed by atoms with E-state index in [1.807, 2.05) is 69.6 Å². The zero-order chi connectivity index (χ0) is 18.4. The molecule has 0 atom stereocenters. The molecule has 5 nitrogen and oxygen atoms in total. The molecule has 0 saturated heterocycles. The average Bonchev–Trinajstić information content (AvgIpc) is 3.12. The lowest BCUT2D eigenvalue weighted by Gasteiger charge is -2.26. The van der Waals surface area contributed by atoms with Crippen molar-refractivity contribution >= 4 is 34.2 Å². The van der Waals surface area contributed by atoms with Crippen LogP contribution < -0.4 is 5.32 Å². The molecule has 0 bridgehead atoms. The predicted molar refractivity (Wildman–Crippen MR) is 100 cm³/mol. The molecule has 0 aliphatic carbocycles. The molecule has 0 fully saturated rings. The van der Waals surface area contributed by atoms with Crippen molar-refractivity contribution < 1.29 is 9.32 Å². The number of aromatic nitrogens is 2. The number of amides is 1. The molecule has 0 spiro atoms. The first kappa shape index (κ1) is 17.5. The second-order valence-corrected chi connectivity index (χ2v) is 8.16. The first-order chi connectivity index (χ1) is 11.6. The van der Waals surface area contributed by atoms with Crippen LogP contribution in [0.15, 0.2) is 41.1 Å². The second kappa shape index (κ2) is 5.92. The van der Waals surface area contributed by atoms with Crippen LogP contribution in [-0.4, -0.2) is 15.6 Å². The molecule has 0 radical (unpaired) electrons. The van der Waals surface area contributed by atoms with Crippen molar-refractivity contribution in [3.63, 3.8) is 0 Å². The number of carbonyl (C=O) groups is 1. The highest BCUT2D eigenvalue weighted by atomic mass is 35.5. The summed E-state index contributed by atoms with van der Waals surface area (Å²) < 4.78 is 7.26. The van der Waals surface area contributed by atoms with E-state index in [0.29, 0.717) is 10.8 Å². The highest BCUT2D eigenvalue weighted by molar-refractivity contribution is 6.31. The van der Waals surface area contributed by atoms with Crippen LogP contribution in [-0.2, 0) is 15.7 Å². The number of nitrogens with one attached hydrogen (secondary N) is 1. The summed E-state index contributed by atoms with van der Waals surface area (Å²) in [6.45, 7) is 9.81. The van der Waals surface area contributed by atoms with E-state index >= 15 is 0 Å². The van der Waals surface area contributed by atoms with Gasteiger partial charge in [0.1, 0.15) is 11.3 Å². The van der Waals surface area contributed by atoms with Crippen LogP contribution >= 0.6 is 11.6 Å². The number of rotatable bonds is 3. The molecule has 0 unspecified atom stereocenters. The summed E-state index contributed by atoms with van der Waals surface area (Å²) in [6, 6.07) is 9.34. The van der Waals surface area contributed by atoms with E-state index < -0.39 is 5.54 Å². The summed E-state index contributed by atoms with van der Waals surface area (Å²) in [6.07, 6.45) is 1.89. The van der Waals surface area contributed by atoms with Crippen LogP contribution in [0.2, 0.25) is 5.02 Å². The number of hydrogen-bond acceptors (Lipinski definition) is 3. The fourth-order valence-corrected chi connectivity index (χ4v) is 2.85. The smallest absolute Gasteiger partial charge is 0.251 e. The molecule has 3 aromatic rings. The zero-order valence-corrected chi connectivity index (χ0v) is 15.8. The number of anilines is 1. The molecule has 2 aromatic heterocycles. The second-order valence-electron chi connectivity index (χ2n) is 7.73. The quantitative estimate of drug-likeness (QED) is 0.719. The van der Waals surface area contributed by atoms with Gasteiger partial charge >= 0.3 is 0 Å². The first-order valence-corrected chi connectivity index (χ1v) is 8.52. The molecular weight excluding hydrogens is 338 g/mol. The lowest BCUT2D eigenvalue weighted by molar-refractivity contribution is -0.122. The Hall–Kier alpha value is -2.27. The largest absolute Gasteiger partial charge is 0.359 e. The number of benzene rings is 1. The molecule has 6 heteroatoms. The maximum absolute atomic E-state index is 12.9. The van der Waals surface area contributed by atoms with E-state index in [0.717, 1.165) is 16.7 Å². The van der Waals surface area contributed by atoms with Gasteiger partial charge in [-0.05, 0) is 38.1 Å². The van der Waals surface area contributed by atoms with Gasteiger partial charge < -0.3 is 14.4 Å². The summed E-state index contributed by atoms with van der Waals surface area (Å²) in [5.74, 6) is 0.970. The summed E-state index contributed by atoms with van der Waals surface area (Å²) >= 11 is 6.04. The molecule has 3 rings (SSSR count). The van der Waals surface area contributed by atoms with Crippen LogP contribution in [0.25, 0.3) is 10.9 Å². The average molecular weight is 360 g/mol. The third kappa shape index (κ3) is 3.29. The van der Waals surface area contributed by atoms with Crippen molar-refractivity contribution in [2.24, 2.45) is 0 Å². The van der Waals surface area contributed by atoms with E-state index in [9.17, 15) is 4.79 Å². The predicted octanol–water partition coefficient (Wildman–Crippen LogP) is 4.95. The maximum Gasteiger partial charge on any atom is 0.251 e. The van der Waals surface area contributed by atoms with Crippen LogP contribution in [0.4, 0.5) is 5.82 Å². The standard InChI is InChI=1S/C19H22ClN3O2/c1-18(2,3)15-11-16(22-25-15)21-17(24)19(4,5)23-9-8-12-10-13(20)6-7-14(12)23/h6-11H,1-5H3,(H,21,22,24). The Morgan fingerprint density at radius 3 is 2.52 bits per heavy atom. The molecule has 0 aliphatic rings. The molecule has 132 valence electrons. The molecule has 1 aromatic carbocycles. The lowest BCUT2D eigenvalue weighted by atomic mass is 9.93. The summed E-state index contributed by atoms with van der Waals surface area (Å²) in [5, 5.41) is 8.47. The Bertz CT molecular complexity index is 932. The van der Waals surface area contributed by atoms with Gasteiger partial charge in [-0.3, -0.25) is 4.79 Å². The SMILES string of the molecule is CC(C)(C)c1cc(NC(=O)C(C)(C)n2ccc3cc(Cl)ccc32)no1. The Morgan fingerprint density at radius 2 is 1.88 bits per heavy atom. The van der Waals surface area contributed by atoms with Gasteiger partial charge in [0.15, 0.2) is 5.82 Å². The summed E-state index contributed by atoms with van der Waals surface area (Å²) in [7, 11) is 0. The Morgan fingerprint density at radius 1 is 1.16 bits per heavy atom. The van der Waals surface area contributed by atoms with Crippen molar-refractivity contribution in [3.05, 3.63) is 47.3 Å². The first-order valence-electron chi connectivity index (χ1n) is 8.15. The van der Waals surface area contributed by atoms with Gasteiger partial charge in [0.2, 0.25) is 0 Å². The number of fused-ring (bicyclic) bond motifs is 1. The van der Waals surface area contributed by atoms with Gasteiger partial charge in [-0.2, -0.15) is 0 Å². The minimum atomic E-state index is -0.809. The maximum atomic E-state index is 12.9. The summed E-state index contributed by atoms with van der Waals surface area (Å²) in [4.78, 5) is 12.9. The van der Waals surface area contributed by atoms with E-state index in [4.69, 9.17) is 16.1 Å². The molecule has 0 saturated carbocycles. The number of hydrogen-bond donors (Lipinski definition) is 1. The molecule has 0 aliphatic heterocycles. The van der Waals surface area contributed by atoms with Crippen molar-refractivity contribution in [2.45, 2.75) is 45.6 Å². The Balaban J connectivity index is 1.88. The monoisotopic (exact) mass is 359 g/mol. The van der Waals surface area contributed by atoms with Gasteiger partial charge in [-0.1, -0.05) is 37.5 Å². The Labute approximate surface area is 151 Å². The zero-order valence-electron chi connectivity index (χ0n) is 15.1. The van der Waals surface area contributed by atoms with Gasteiger partial charge in [0.25, 0.3) is 5.91 Å².